The number of aryl methyl sites for hydroxylation is 1. The summed E-state index contributed by atoms with van der Waals surface area (Å²) in [6.07, 6.45) is 2.15. The van der Waals surface area contributed by atoms with Crippen LogP contribution < -0.4 is 11.2 Å². The number of tetrazole rings is 1. The summed E-state index contributed by atoms with van der Waals surface area (Å²) in [5.74, 6) is 0.718. The Bertz CT molecular complexity index is 2160. The first kappa shape index (κ1) is 26.0. The molecule has 10 heteroatoms. The molecule has 0 saturated heterocycles. The SMILES string of the molecule is CCc1nc2c(c(=O)n(-c3ccccc3)c(=O)n2-c2ccccc2)n1Cc1ccc(-c2ccccc2-n2cnnn2)cc1. The molecule has 7 aromatic rings. The Labute approximate surface area is 245 Å². The third-order valence-electron chi connectivity index (χ3n) is 7.48. The Morgan fingerprint density at radius 3 is 2.02 bits per heavy atom. The molecule has 0 unspecified atom stereocenters. The van der Waals surface area contributed by atoms with Gasteiger partial charge in [0, 0.05) is 18.5 Å². The maximum atomic E-state index is 14.1. The van der Waals surface area contributed by atoms with Crippen LogP contribution in [0.4, 0.5) is 0 Å². The van der Waals surface area contributed by atoms with Crippen LogP contribution in [0.5, 0.6) is 0 Å². The van der Waals surface area contributed by atoms with Crippen LogP contribution in [0.15, 0.2) is 125 Å². The Balaban J connectivity index is 1.38. The molecule has 0 fully saturated rings. The van der Waals surface area contributed by atoms with Crippen molar-refractivity contribution in [2.45, 2.75) is 19.9 Å². The van der Waals surface area contributed by atoms with Crippen molar-refractivity contribution >= 4 is 11.2 Å². The molecule has 7 rings (SSSR count). The summed E-state index contributed by atoms with van der Waals surface area (Å²) in [5.41, 5.74) is 4.84. The summed E-state index contributed by atoms with van der Waals surface area (Å²) >= 11 is 0. The van der Waals surface area contributed by atoms with Crippen LogP contribution in [0.25, 0.3) is 39.4 Å². The summed E-state index contributed by atoms with van der Waals surface area (Å²) in [4.78, 5) is 32.9. The van der Waals surface area contributed by atoms with Crippen LogP contribution in [0.2, 0.25) is 0 Å². The van der Waals surface area contributed by atoms with Gasteiger partial charge in [-0.2, -0.15) is 4.68 Å². The van der Waals surface area contributed by atoms with E-state index in [-0.39, 0.29) is 0 Å². The van der Waals surface area contributed by atoms with Crippen molar-refractivity contribution in [1.82, 2.24) is 38.9 Å². The van der Waals surface area contributed by atoms with E-state index in [0.717, 1.165) is 28.2 Å². The first-order chi connectivity index (χ1) is 21.1. The summed E-state index contributed by atoms with van der Waals surface area (Å²) < 4.78 is 6.32. The molecule has 0 aliphatic rings. The van der Waals surface area contributed by atoms with E-state index in [9.17, 15) is 9.59 Å². The van der Waals surface area contributed by atoms with Gasteiger partial charge in [-0.1, -0.05) is 85.8 Å². The molecule has 3 heterocycles. The molecule has 0 atom stereocenters. The highest BCUT2D eigenvalue weighted by molar-refractivity contribution is 5.75. The fourth-order valence-electron chi connectivity index (χ4n) is 5.45. The molecule has 0 N–H and O–H groups in total. The normalized spacial score (nSPS) is 11.3. The average Bonchev–Trinajstić information content (AvgIpc) is 3.72. The molecule has 4 aromatic carbocycles. The fourth-order valence-corrected chi connectivity index (χ4v) is 5.45. The van der Waals surface area contributed by atoms with E-state index in [0.29, 0.717) is 35.5 Å². The lowest BCUT2D eigenvalue weighted by Crippen LogP contribution is -2.39. The highest BCUT2D eigenvalue weighted by Gasteiger charge is 2.23. The quantitative estimate of drug-likeness (QED) is 0.280. The van der Waals surface area contributed by atoms with Gasteiger partial charge in [0.25, 0.3) is 5.56 Å². The predicted molar refractivity (Wildman–Crippen MR) is 164 cm³/mol. The van der Waals surface area contributed by atoms with Gasteiger partial charge in [0.1, 0.15) is 12.2 Å². The van der Waals surface area contributed by atoms with Crippen molar-refractivity contribution in [3.8, 4) is 28.2 Å². The second-order valence-corrected chi connectivity index (χ2v) is 10.0. The van der Waals surface area contributed by atoms with Gasteiger partial charge in [-0.3, -0.25) is 4.79 Å². The maximum Gasteiger partial charge on any atom is 0.342 e. The smallest absolute Gasteiger partial charge is 0.318 e. The zero-order chi connectivity index (χ0) is 29.3. The van der Waals surface area contributed by atoms with Crippen LogP contribution in [0, 0.1) is 0 Å². The van der Waals surface area contributed by atoms with E-state index >= 15 is 0 Å². The second kappa shape index (κ2) is 10.8. The zero-order valence-electron chi connectivity index (χ0n) is 23.3. The van der Waals surface area contributed by atoms with Crippen molar-refractivity contribution in [3.63, 3.8) is 0 Å². The molecule has 0 aliphatic heterocycles. The molecular formula is C33H26N8O2. The van der Waals surface area contributed by atoms with Gasteiger partial charge < -0.3 is 4.57 Å². The van der Waals surface area contributed by atoms with Gasteiger partial charge in [0.05, 0.1) is 17.1 Å². The number of benzene rings is 4. The van der Waals surface area contributed by atoms with Crippen LogP contribution in [-0.4, -0.2) is 38.9 Å². The lowest BCUT2D eigenvalue weighted by atomic mass is 10.0. The molecule has 3 aromatic heterocycles. The predicted octanol–water partition coefficient (Wildman–Crippen LogP) is 4.59. The topological polar surface area (TPSA) is 105 Å². The average molecular weight is 567 g/mol. The lowest BCUT2D eigenvalue weighted by molar-refractivity contribution is 0.745. The van der Waals surface area contributed by atoms with Crippen molar-refractivity contribution in [2.75, 3.05) is 0 Å². The van der Waals surface area contributed by atoms with Gasteiger partial charge in [-0.15, -0.1) is 5.10 Å². The highest BCUT2D eigenvalue weighted by Crippen LogP contribution is 2.27. The first-order valence-electron chi connectivity index (χ1n) is 13.9. The minimum Gasteiger partial charge on any atom is -0.318 e. The standard InChI is InChI=1S/C33H26N8O2/c1-2-29-35-31-30(32(42)41(26-13-7-4-8-14-26)33(43)40(31)25-11-5-3-6-12-25)38(29)21-23-17-19-24(20-18-23)27-15-9-10-16-28(27)39-22-34-36-37-39/h3-20,22H,2,21H2,1H3. The molecule has 0 spiro atoms. The number of para-hydroxylation sites is 3. The zero-order valence-corrected chi connectivity index (χ0v) is 23.3. The Morgan fingerprint density at radius 2 is 1.37 bits per heavy atom. The van der Waals surface area contributed by atoms with Crippen LogP contribution in [-0.2, 0) is 13.0 Å². The molecule has 0 aliphatic carbocycles. The van der Waals surface area contributed by atoms with E-state index in [2.05, 4.69) is 15.5 Å². The van der Waals surface area contributed by atoms with E-state index < -0.39 is 11.2 Å². The summed E-state index contributed by atoms with van der Waals surface area (Å²) in [7, 11) is 0. The monoisotopic (exact) mass is 566 g/mol. The van der Waals surface area contributed by atoms with Crippen LogP contribution >= 0.6 is 0 Å². The third-order valence-corrected chi connectivity index (χ3v) is 7.48. The summed E-state index contributed by atoms with van der Waals surface area (Å²) in [6, 6.07) is 34.4. The Morgan fingerprint density at radius 1 is 0.721 bits per heavy atom. The largest absolute Gasteiger partial charge is 0.342 e. The lowest BCUT2D eigenvalue weighted by Gasteiger charge is -2.14. The number of rotatable bonds is 7. The van der Waals surface area contributed by atoms with Crippen molar-refractivity contribution < 1.29 is 0 Å². The van der Waals surface area contributed by atoms with E-state index in [4.69, 9.17) is 4.98 Å². The number of fused-ring (bicyclic) bond motifs is 1. The van der Waals surface area contributed by atoms with Gasteiger partial charge >= 0.3 is 5.69 Å². The molecular weight excluding hydrogens is 540 g/mol. The summed E-state index contributed by atoms with van der Waals surface area (Å²) in [5, 5.41) is 11.6. The van der Waals surface area contributed by atoms with Crippen molar-refractivity contribution in [3.05, 3.63) is 148 Å². The molecule has 0 bridgehead atoms. The second-order valence-electron chi connectivity index (χ2n) is 10.0. The molecule has 0 amide bonds. The van der Waals surface area contributed by atoms with Crippen LogP contribution in [0.3, 0.4) is 0 Å². The van der Waals surface area contributed by atoms with Gasteiger partial charge in [0.15, 0.2) is 11.2 Å². The van der Waals surface area contributed by atoms with Crippen LogP contribution in [0.1, 0.15) is 18.3 Å². The number of imidazole rings is 1. The third kappa shape index (κ3) is 4.55. The minimum atomic E-state index is -0.465. The molecule has 210 valence electrons. The van der Waals surface area contributed by atoms with E-state index in [1.165, 1.54) is 9.13 Å². The van der Waals surface area contributed by atoms with Gasteiger partial charge in [0.2, 0.25) is 0 Å². The summed E-state index contributed by atoms with van der Waals surface area (Å²) in [6.45, 7) is 2.41. The fraction of sp³-hybridized carbons (Fsp3) is 0.0909. The van der Waals surface area contributed by atoms with Gasteiger partial charge in [-0.25, -0.2) is 18.9 Å². The molecule has 10 nitrogen and oxygen atoms in total. The molecule has 0 saturated carbocycles. The minimum absolute atomic E-state index is 0.345. The molecule has 0 radical (unpaired) electrons. The van der Waals surface area contributed by atoms with E-state index in [1.54, 1.807) is 23.1 Å². The van der Waals surface area contributed by atoms with Crippen molar-refractivity contribution in [2.24, 2.45) is 0 Å². The number of hydrogen-bond acceptors (Lipinski definition) is 6. The van der Waals surface area contributed by atoms with Gasteiger partial charge in [-0.05, 0) is 51.9 Å². The number of nitrogens with zero attached hydrogens (tertiary/aromatic N) is 8. The molecule has 43 heavy (non-hydrogen) atoms. The maximum absolute atomic E-state index is 14.1. The number of aromatic nitrogens is 8. The highest BCUT2D eigenvalue weighted by atomic mass is 16.2. The Kier molecular flexibility index (Phi) is 6.55. The number of hydrogen-bond donors (Lipinski definition) is 0. The first-order valence-corrected chi connectivity index (χ1v) is 13.9. The van der Waals surface area contributed by atoms with E-state index in [1.807, 2.05) is 109 Å². The van der Waals surface area contributed by atoms with Crippen molar-refractivity contribution in [1.29, 1.82) is 0 Å². The Hall–Kier alpha value is -5.90.